The summed E-state index contributed by atoms with van der Waals surface area (Å²) in [5.74, 6) is 0.805. The van der Waals surface area contributed by atoms with E-state index in [1.54, 1.807) is 25.1 Å². The van der Waals surface area contributed by atoms with Gasteiger partial charge in [-0.05, 0) is 118 Å². The van der Waals surface area contributed by atoms with E-state index >= 15 is 0 Å². The number of nitrogens with zero attached hydrogens (tertiary/aromatic N) is 1. The molecule has 2 aromatic carbocycles. The number of halogens is 1. The second-order valence-corrected chi connectivity index (χ2v) is 15.6. The summed E-state index contributed by atoms with van der Waals surface area (Å²) in [6, 6.07) is 11.4. The van der Waals surface area contributed by atoms with E-state index in [9.17, 15) is 18.3 Å². The molecule has 0 unspecified atom stereocenters. The van der Waals surface area contributed by atoms with Gasteiger partial charge in [-0.15, -0.1) is 0 Å². The third-order valence-corrected chi connectivity index (χ3v) is 12.2. The molecule has 0 aromatic heterocycles. The molecule has 2 N–H and O–H groups in total. The summed E-state index contributed by atoms with van der Waals surface area (Å²) < 4.78 is 34.9. The van der Waals surface area contributed by atoms with Crippen molar-refractivity contribution in [3.8, 4) is 5.75 Å². The number of sulfonamides is 1. The third kappa shape index (κ3) is 5.59. The molecule has 7 nitrogen and oxygen atoms in total. The van der Waals surface area contributed by atoms with Crippen molar-refractivity contribution in [1.82, 2.24) is 4.72 Å². The van der Waals surface area contributed by atoms with Crippen LogP contribution >= 0.6 is 11.6 Å². The van der Waals surface area contributed by atoms with Gasteiger partial charge in [-0.25, -0.2) is 13.1 Å². The van der Waals surface area contributed by atoms with Gasteiger partial charge in [0.25, 0.3) is 5.91 Å². The highest BCUT2D eigenvalue weighted by Gasteiger charge is 2.44. The van der Waals surface area contributed by atoms with Crippen LogP contribution in [0.3, 0.4) is 0 Å². The molecule has 1 spiro atoms. The number of carbonyl (C=O) groups excluding carboxylic acids is 1. The average molecular weight is 601 g/mol. The number of hydrogen-bond donors (Lipinski definition) is 2. The van der Waals surface area contributed by atoms with Crippen LogP contribution in [-0.4, -0.2) is 50.5 Å². The Balaban J connectivity index is 1.41. The average Bonchev–Trinajstić information content (AvgIpc) is 3.05. The van der Waals surface area contributed by atoms with Crippen LogP contribution in [0.2, 0.25) is 5.02 Å². The predicted octanol–water partition coefficient (Wildman–Crippen LogP) is 5.47. The zero-order valence-electron chi connectivity index (χ0n) is 23.9. The second-order valence-electron chi connectivity index (χ2n) is 13.1. The first-order valence-electron chi connectivity index (χ1n) is 15.1. The molecule has 1 saturated carbocycles. The van der Waals surface area contributed by atoms with Crippen molar-refractivity contribution in [3.05, 3.63) is 58.1 Å². The highest BCUT2D eigenvalue weighted by molar-refractivity contribution is 7.90. The van der Waals surface area contributed by atoms with E-state index in [0.29, 0.717) is 49.6 Å². The standard InChI is InChI=1S/C32H41ClN2O5S/c1-20-5-6-21(2)41(38,39)34-31(37)23-8-12-30-28(16-23)35(17-24-7-10-26(24)29(36)14-20)18-32(19-40-30)13-3-4-22-15-25(33)9-11-27(22)32/h8-9,11-12,15-16,20-21,24,26,29,36H,3-7,10,13-14,17-19H2,1-2H3,(H,34,37)/t20-,21-,24-,26+,29+,32-/m0/s1. The number of rotatable bonds is 0. The number of amides is 1. The Morgan fingerprint density at radius 2 is 1.93 bits per heavy atom. The van der Waals surface area contributed by atoms with E-state index in [1.165, 1.54) is 11.1 Å². The first-order chi connectivity index (χ1) is 19.5. The SMILES string of the molecule is C[C@H]1CC[C@H](C)S(=O)(=O)NC(=O)c2ccc3c(c2)N(C[C@@H]2CC[C@H]2[C@H](O)C1)C[C@@]1(CCCc2cc(Cl)ccc21)CO3. The van der Waals surface area contributed by atoms with Crippen LogP contribution in [0.4, 0.5) is 5.69 Å². The van der Waals surface area contributed by atoms with E-state index in [4.69, 9.17) is 16.3 Å². The summed E-state index contributed by atoms with van der Waals surface area (Å²) >= 11 is 6.39. The van der Waals surface area contributed by atoms with Gasteiger partial charge in [-0.2, -0.15) is 0 Å². The van der Waals surface area contributed by atoms with Crippen molar-refractivity contribution in [2.45, 2.75) is 82.0 Å². The van der Waals surface area contributed by atoms with Gasteiger partial charge in [0.2, 0.25) is 10.0 Å². The summed E-state index contributed by atoms with van der Waals surface area (Å²) in [5, 5.41) is 11.3. The van der Waals surface area contributed by atoms with Gasteiger partial charge in [-0.3, -0.25) is 4.79 Å². The molecule has 2 aliphatic carbocycles. The fourth-order valence-electron chi connectivity index (χ4n) is 7.53. The molecule has 4 aliphatic rings. The van der Waals surface area contributed by atoms with Gasteiger partial charge in [0, 0.05) is 29.1 Å². The van der Waals surface area contributed by atoms with Crippen LogP contribution in [0.1, 0.15) is 80.3 Å². The lowest BCUT2D eigenvalue weighted by Gasteiger charge is -2.46. The molecular weight excluding hydrogens is 560 g/mol. The smallest absolute Gasteiger partial charge is 0.264 e. The number of aliphatic hydroxyl groups excluding tert-OH is 1. The van der Waals surface area contributed by atoms with E-state index < -0.39 is 27.3 Å². The summed E-state index contributed by atoms with van der Waals surface area (Å²) in [7, 11) is -3.85. The highest BCUT2D eigenvalue weighted by atomic mass is 35.5. The molecule has 41 heavy (non-hydrogen) atoms. The quantitative estimate of drug-likeness (QED) is 0.416. The molecule has 2 aromatic rings. The minimum Gasteiger partial charge on any atom is -0.490 e. The summed E-state index contributed by atoms with van der Waals surface area (Å²) in [6.07, 6.45) is 6.40. The predicted molar refractivity (Wildman–Crippen MR) is 161 cm³/mol. The molecule has 222 valence electrons. The Labute approximate surface area is 248 Å². The molecule has 6 rings (SSSR count). The van der Waals surface area contributed by atoms with Crippen LogP contribution < -0.4 is 14.4 Å². The van der Waals surface area contributed by atoms with Crippen molar-refractivity contribution in [2.24, 2.45) is 17.8 Å². The fourth-order valence-corrected chi connectivity index (χ4v) is 8.75. The largest absolute Gasteiger partial charge is 0.490 e. The summed E-state index contributed by atoms with van der Waals surface area (Å²) in [5.41, 5.74) is 3.39. The number of carbonyl (C=O) groups is 1. The van der Waals surface area contributed by atoms with Gasteiger partial charge < -0.3 is 14.7 Å². The summed E-state index contributed by atoms with van der Waals surface area (Å²) in [4.78, 5) is 15.6. The Bertz CT molecular complexity index is 1430. The van der Waals surface area contributed by atoms with Gasteiger partial charge >= 0.3 is 0 Å². The third-order valence-electron chi connectivity index (χ3n) is 10.2. The number of benzene rings is 2. The maximum absolute atomic E-state index is 13.3. The van der Waals surface area contributed by atoms with Gasteiger partial charge in [-0.1, -0.05) is 24.6 Å². The Morgan fingerprint density at radius 3 is 2.71 bits per heavy atom. The lowest BCUT2D eigenvalue weighted by Crippen LogP contribution is -2.49. The maximum atomic E-state index is 13.3. The number of nitrogens with one attached hydrogen (secondary N) is 1. The lowest BCUT2D eigenvalue weighted by molar-refractivity contribution is 0.00130. The minimum atomic E-state index is -3.85. The van der Waals surface area contributed by atoms with E-state index in [2.05, 4.69) is 28.7 Å². The Morgan fingerprint density at radius 1 is 1.10 bits per heavy atom. The Kier molecular flexibility index (Phi) is 7.79. The van der Waals surface area contributed by atoms with Crippen LogP contribution in [0.5, 0.6) is 5.75 Å². The number of aryl methyl sites for hydroxylation is 1. The first-order valence-corrected chi connectivity index (χ1v) is 17.0. The number of hydrogen-bond acceptors (Lipinski definition) is 6. The maximum Gasteiger partial charge on any atom is 0.264 e. The lowest BCUT2D eigenvalue weighted by atomic mass is 9.67. The number of ether oxygens (including phenoxy) is 1. The molecule has 6 atom stereocenters. The van der Waals surface area contributed by atoms with E-state index in [1.807, 2.05) is 6.07 Å². The number of fused-ring (bicyclic) bond motifs is 4. The van der Waals surface area contributed by atoms with Crippen molar-refractivity contribution >= 4 is 33.2 Å². The Hall–Kier alpha value is -2.29. The fraction of sp³-hybridized carbons (Fsp3) is 0.594. The topological polar surface area (TPSA) is 95.9 Å². The molecule has 2 bridgehead atoms. The number of anilines is 1. The molecule has 2 heterocycles. The van der Waals surface area contributed by atoms with Crippen LogP contribution in [-0.2, 0) is 21.9 Å². The first kappa shape index (κ1) is 28.8. The molecule has 1 fully saturated rings. The second kappa shape index (κ2) is 11.1. The van der Waals surface area contributed by atoms with E-state index in [0.717, 1.165) is 49.4 Å². The normalized spacial score (nSPS) is 33.4. The zero-order chi connectivity index (χ0) is 28.9. The highest BCUT2D eigenvalue weighted by Crippen LogP contribution is 2.47. The van der Waals surface area contributed by atoms with Crippen LogP contribution in [0, 0.1) is 17.8 Å². The number of aliphatic hydroxyl groups is 1. The zero-order valence-corrected chi connectivity index (χ0v) is 25.5. The molecule has 9 heteroatoms. The monoisotopic (exact) mass is 600 g/mol. The summed E-state index contributed by atoms with van der Waals surface area (Å²) in [6.45, 7) is 5.70. The van der Waals surface area contributed by atoms with Crippen LogP contribution in [0.25, 0.3) is 0 Å². The van der Waals surface area contributed by atoms with Crippen molar-refractivity contribution in [2.75, 3.05) is 24.6 Å². The molecule has 0 saturated heterocycles. The van der Waals surface area contributed by atoms with Crippen LogP contribution in [0.15, 0.2) is 36.4 Å². The van der Waals surface area contributed by atoms with Gasteiger partial charge in [0.15, 0.2) is 0 Å². The minimum absolute atomic E-state index is 0.187. The molecule has 0 radical (unpaired) electrons. The van der Waals surface area contributed by atoms with Crippen molar-refractivity contribution in [1.29, 1.82) is 0 Å². The van der Waals surface area contributed by atoms with Gasteiger partial charge in [0.1, 0.15) is 5.75 Å². The van der Waals surface area contributed by atoms with Crippen molar-refractivity contribution in [3.63, 3.8) is 0 Å². The molecular formula is C32H41ClN2O5S. The molecule has 2 aliphatic heterocycles. The molecule has 1 amide bonds. The van der Waals surface area contributed by atoms with E-state index in [-0.39, 0.29) is 17.3 Å². The van der Waals surface area contributed by atoms with Gasteiger partial charge in [0.05, 0.1) is 23.6 Å². The van der Waals surface area contributed by atoms with Crippen molar-refractivity contribution < 1.29 is 23.1 Å².